The van der Waals surface area contributed by atoms with Gasteiger partial charge >= 0.3 is 0 Å². The lowest BCUT2D eigenvalue weighted by atomic mass is 9.85. The highest BCUT2D eigenvalue weighted by Crippen LogP contribution is 2.40. The third-order valence-corrected chi connectivity index (χ3v) is 7.27. The van der Waals surface area contributed by atoms with Crippen molar-refractivity contribution in [1.29, 1.82) is 0 Å². The standard InChI is InChI=1S/C22H35N5O3/c1-4-19-17(2)23-27(18(19)3)15-20(28)26-8-6-22(16-26)5-7-25(21(22)29)10-9-24-11-13-30-14-12-24/h4-16H2,1-3H3. The van der Waals surface area contributed by atoms with E-state index in [1.54, 1.807) is 0 Å². The predicted octanol–water partition coefficient (Wildman–Crippen LogP) is 0.846. The van der Waals surface area contributed by atoms with E-state index >= 15 is 0 Å². The largest absolute Gasteiger partial charge is 0.379 e. The summed E-state index contributed by atoms with van der Waals surface area (Å²) < 4.78 is 7.23. The van der Waals surface area contributed by atoms with Crippen LogP contribution in [0, 0.1) is 19.3 Å². The van der Waals surface area contributed by atoms with Crippen LogP contribution in [0.1, 0.15) is 36.7 Å². The zero-order valence-corrected chi connectivity index (χ0v) is 18.7. The number of aryl methyl sites for hydroxylation is 1. The smallest absolute Gasteiger partial charge is 0.244 e. The Labute approximate surface area is 179 Å². The summed E-state index contributed by atoms with van der Waals surface area (Å²) >= 11 is 0. The SMILES string of the molecule is CCc1c(C)nn(CC(=O)N2CCC3(CCN(CCN4CCOCC4)C3=O)C2)c1C. The Bertz CT molecular complexity index is 801. The number of carbonyl (C=O) groups is 2. The fraction of sp³-hybridized carbons (Fsp3) is 0.773. The molecule has 4 rings (SSSR count). The number of nitrogens with zero attached hydrogens (tertiary/aromatic N) is 5. The van der Waals surface area contributed by atoms with Gasteiger partial charge in [0.1, 0.15) is 6.54 Å². The molecule has 3 aliphatic heterocycles. The lowest BCUT2D eigenvalue weighted by Gasteiger charge is -2.29. The van der Waals surface area contributed by atoms with Gasteiger partial charge in [-0.25, -0.2) is 0 Å². The van der Waals surface area contributed by atoms with E-state index in [1.807, 2.05) is 28.3 Å². The van der Waals surface area contributed by atoms with Crippen LogP contribution in [0.2, 0.25) is 0 Å². The third kappa shape index (κ3) is 3.99. The summed E-state index contributed by atoms with van der Waals surface area (Å²) in [4.78, 5) is 32.4. The first kappa shape index (κ1) is 21.3. The third-order valence-electron chi connectivity index (χ3n) is 7.27. The van der Waals surface area contributed by atoms with Gasteiger partial charge in [0, 0.05) is 51.5 Å². The Kier molecular flexibility index (Phi) is 6.16. The highest BCUT2D eigenvalue weighted by atomic mass is 16.5. The van der Waals surface area contributed by atoms with Gasteiger partial charge in [0.05, 0.1) is 24.3 Å². The van der Waals surface area contributed by atoms with Gasteiger partial charge in [0.15, 0.2) is 0 Å². The molecule has 1 spiro atoms. The molecule has 166 valence electrons. The molecule has 1 aromatic rings. The molecule has 1 unspecified atom stereocenters. The molecule has 8 heteroatoms. The van der Waals surface area contributed by atoms with Crippen molar-refractivity contribution in [2.24, 2.45) is 5.41 Å². The van der Waals surface area contributed by atoms with E-state index in [1.165, 1.54) is 5.56 Å². The minimum absolute atomic E-state index is 0.0692. The van der Waals surface area contributed by atoms with Gasteiger partial charge in [-0.05, 0) is 38.7 Å². The van der Waals surface area contributed by atoms with E-state index in [4.69, 9.17) is 4.74 Å². The average molecular weight is 418 g/mol. The van der Waals surface area contributed by atoms with Crippen molar-refractivity contribution >= 4 is 11.8 Å². The summed E-state index contributed by atoms with van der Waals surface area (Å²) in [5.41, 5.74) is 2.93. The molecule has 2 amide bonds. The van der Waals surface area contributed by atoms with Crippen molar-refractivity contribution in [2.75, 3.05) is 59.0 Å². The highest BCUT2D eigenvalue weighted by molar-refractivity contribution is 5.87. The summed E-state index contributed by atoms with van der Waals surface area (Å²) in [5, 5.41) is 4.56. The quantitative estimate of drug-likeness (QED) is 0.686. The highest BCUT2D eigenvalue weighted by Gasteiger charge is 2.51. The second kappa shape index (κ2) is 8.67. The van der Waals surface area contributed by atoms with Gasteiger partial charge < -0.3 is 14.5 Å². The summed E-state index contributed by atoms with van der Waals surface area (Å²) in [6, 6.07) is 0. The molecule has 0 bridgehead atoms. The first-order chi connectivity index (χ1) is 14.4. The molecule has 3 saturated heterocycles. The molecule has 3 aliphatic rings. The molecule has 1 atom stereocenters. The van der Waals surface area contributed by atoms with E-state index in [9.17, 15) is 9.59 Å². The van der Waals surface area contributed by atoms with Crippen LogP contribution < -0.4 is 0 Å². The average Bonchev–Trinajstić information content (AvgIpc) is 3.39. The Hall–Kier alpha value is -1.93. The summed E-state index contributed by atoms with van der Waals surface area (Å²) in [5.74, 6) is 0.310. The lowest BCUT2D eigenvalue weighted by Crippen LogP contribution is -2.44. The second-order valence-corrected chi connectivity index (χ2v) is 9.00. The van der Waals surface area contributed by atoms with Gasteiger partial charge in [0.25, 0.3) is 0 Å². The Morgan fingerprint density at radius 3 is 2.53 bits per heavy atom. The molecule has 0 radical (unpaired) electrons. The number of rotatable bonds is 6. The van der Waals surface area contributed by atoms with E-state index < -0.39 is 0 Å². The molecular weight excluding hydrogens is 382 g/mol. The van der Waals surface area contributed by atoms with Crippen molar-refractivity contribution in [3.05, 3.63) is 17.0 Å². The summed E-state index contributed by atoms with van der Waals surface area (Å²) in [7, 11) is 0. The Balaban J connectivity index is 1.33. The molecule has 1 aromatic heterocycles. The van der Waals surface area contributed by atoms with E-state index in [-0.39, 0.29) is 23.8 Å². The molecular formula is C22H35N5O3. The molecule has 0 aliphatic carbocycles. The van der Waals surface area contributed by atoms with Crippen molar-refractivity contribution in [3.63, 3.8) is 0 Å². The molecule has 4 heterocycles. The number of morpholine rings is 1. The number of hydrogen-bond acceptors (Lipinski definition) is 5. The molecule has 0 N–H and O–H groups in total. The van der Waals surface area contributed by atoms with Gasteiger partial charge in [0.2, 0.25) is 11.8 Å². The molecule has 30 heavy (non-hydrogen) atoms. The van der Waals surface area contributed by atoms with Crippen molar-refractivity contribution in [3.8, 4) is 0 Å². The van der Waals surface area contributed by atoms with E-state index in [0.29, 0.717) is 13.1 Å². The van der Waals surface area contributed by atoms with Crippen molar-refractivity contribution in [1.82, 2.24) is 24.5 Å². The maximum atomic E-state index is 13.2. The van der Waals surface area contributed by atoms with Crippen LogP contribution in [0.15, 0.2) is 0 Å². The first-order valence-corrected chi connectivity index (χ1v) is 11.3. The summed E-state index contributed by atoms with van der Waals surface area (Å²) in [6.45, 7) is 13.6. The molecule has 3 fully saturated rings. The van der Waals surface area contributed by atoms with E-state index in [2.05, 4.69) is 16.9 Å². The van der Waals surface area contributed by atoms with Crippen LogP contribution in [0.5, 0.6) is 0 Å². The van der Waals surface area contributed by atoms with Gasteiger partial charge in [-0.3, -0.25) is 19.2 Å². The molecule has 8 nitrogen and oxygen atoms in total. The zero-order valence-electron chi connectivity index (χ0n) is 18.7. The van der Waals surface area contributed by atoms with Crippen LogP contribution >= 0.6 is 0 Å². The Morgan fingerprint density at radius 1 is 1.10 bits per heavy atom. The second-order valence-electron chi connectivity index (χ2n) is 9.00. The van der Waals surface area contributed by atoms with Gasteiger partial charge in [-0.15, -0.1) is 0 Å². The number of amides is 2. The number of ether oxygens (including phenoxy) is 1. The van der Waals surface area contributed by atoms with Crippen LogP contribution in [-0.2, 0) is 27.3 Å². The molecule has 0 aromatic carbocycles. The number of carbonyl (C=O) groups excluding carboxylic acids is 2. The maximum absolute atomic E-state index is 13.2. The molecule has 0 saturated carbocycles. The predicted molar refractivity (Wildman–Crippen MR) is 113 cm³/mol. The van der Waals surface area contributed by atoms with Crippen molar-refractivity contribution < 1.29 is 14.3 Å². The Morgan fingerprint density at radius 2 is 1.83 bits per heavy atom. The number of hydrogen-bond donors (Lipinski definition) is 0. The first-order valence-electron chi connectivity index (χ1n) is 11.3. The van der Waals surface area contributed by atoms with Crippen LogP contribution in [-0.4, -0.2) is 95.3 Å². The number of aromatic nitrogens is 2. The maximum Gasteiger partial charge on any atom is 0.244 e. The lowest BCUT2D eigenvalue weighted by molar-refractivity contribution is -0.136. The van der Waals surface area contributed by atoms with E-state index in [0.717, 1.165) is 76.6 Å². The fourth-order valence-corrected chi connectivity index (χ4v) is 5.28. The minimum Gasteiger partial charge on any atom is -0.379 e. The summed E-state index contributed by atoms with van der Waals surface area (Å²) in [6.07, 6.45) is 2.56. The van der Waals surface area contributed by atoms with Gasteiger partial charge in [-0.2, -0.15) is 5.10 Å². The van der Waals surface area contributed by atoms with Crippen LogP contribution in [0.25, 0.3) is 0 Å². The van der Waals surface area contributed by atoms with Crippen molar-refractivity contribution in [2.45, 2.75) is 46.6 Å². The van der Waals surface area contributed by atoms with Crippen LogP contribution in [0.4, 0.5) is 0 Å². The zero-order chi connectivity index (χ0) is 21.3. The topological polar surface area (TPSA) is 70.9 Å². The number of likely N-dealkylation sites (tertiary alicyclic amines) is 2. The fourth-order valence-electron chi connectivity index (χ4n) is 5.28. The minimum atomic E-state index is -0.371. The van der Waals surface area contributed by atoms with Crippen LogP contribution in [0.3, 0.4) is 0 Å². The van der Waals surface area contributed by atoms with Gasteiger partial charge in [-0.1, -0.05) is 6.92 Å². The normalized spacial score (nSPS) is 25.1. The monoisotopic (exact) mass is 417 g/mol.